The van der Waals surface area contributed by atoms with E-state index in [1.165, 1.54) is 18.2 Å². The molecule has 0 radical (unpaired) electrons. The van der Waals surface area contributed by atoms with Gasteiger partial charge in [0, 0.05) is 6.54 Å². The molecule has 0 amide bonds. The van der Waals surface area contributed by atoms with Crippen molar-refractivity contribution in [3.8, 4) is 6.07 Å². The Kier molecular flexibility index (Phi) is 3.03. The maximum absolute atomic E-state index is 12.7. The van der Waals surface area contributed by atoms with E-state index in [1.807, 2.05) is 6.07 Å². The molecule has 86 valence electrons. The molecule has 0 saturated heterocycles. The van der Waals surface area contributed by atoms with Gasteiger partial charge in [-0.1, -0.05) is 23.7 Å². The first-order valence-corrected chi connectivity index (χ1v) is 5.28. The summed E-state index contributed by atoms with van der Waals surface area (Å²) in [6.45, 7) is 0.388. The number of hydrogen-bond donors (Lipinski definition) is 1. The summed E-state index contributed by atoms with van der Waals surface area (Å²) in [5.41, 5.74) is 7.23. The van der Waals surface area contributed by atoms with E-state index in [0.29, 0.717) is 23.1 Å². The molecule has 17 heavy (non-hydrogen) atoms. The average Bonchev–Trinajstić information content (AvgIpc) is 2.59. The van der Waals surface area contributed by atoms with Gasteiger partial charge in [0.05, 0.1) is 5.69 Å². The Hall–Kier alpha value is -1.99. The summed E-state index contributed by atoms with van der Waals surface area (Å²) in [7, 11) is 0. The van der Waals surface area contributed by atoms with Crippen molar-refractivity contribution < 1.29 is 4.39 Å². The highest BCUT2D eigenvalue weighted by atomic mass is 35.5. The largest absolute Gasteiger partial charge is 0.396 e. The number of anilines is 1. The van der Waals surface area contributed by atoms with Crippen molar-refractivity contribution in [3.05, 3.63) is 52.6 Å². The number of rotatable bonds is 2. The molecule has 5 heteroatoms. The van der Waals surface area contributed by atoms with Crippen LogP contribution in [-0.4, -0.2) is 4.57 Å². The van der Waals surface area contributed by atoms with Gasteiger partial charge in [0.25, 0.3) is 0 Å². The number of benzene rings is 1. The van der Waals surface area contributed by atoms with Crippen LogP contribution in [0.2, 0.25) is 5.15 Å². The fourth-order valence-corrected chi connectivity index (χ4v) is 1.77. The topological polar surface area (TPSA) is 54.7 Å². The first kappa shape index (κ1) is 11.5. The first-order chi connectivity index (χ1) is 8.11. The molecule has 0 unspecified atom stereocenters. The maximum atomic E-state index is 12.7. The Morgan fingerprint density at radius 2 is 2.00 bits per heavy atom. The number of nitriles is 1. The van der Waals surface area contributed by atoms with Crippen LogP contribution in [0.4, 0.5) is 10.1 Å². The van der Waals surface area contributed by atoms with E-state index in [1.54, 1.807) is 16.7 Å². The first-order valence-electron chi connectivity index (χ1n) is 4.91. The average molecular weight is 250 g/mol. The van der Waals surface area contributed by atoms with Crippen LogP contribution >= 0.6 is 11.6 Å². The molecule has 0 atom stereocenters. The van der Waals surface area contributed by atoms with Gasteiger partial charge in [-0.3, -0.25) is 0 Å². The molecule has 0 saturated carbocycles. The molecule has 0 bridgehead atoms. The maximum Gasteiger partial charge on any atom is 0.133 e. The SMILES string of the molecule is N#Cc1cc(N)c(Cl)n1Cc1ccc(F)cc1. The third-order valence-electron chi connectivity index (χ3n) is 2.43. The second-order valence-electron chi connectivity index (χ2n) is 3.60. The quantitative estimate of drug-likeness (QED) is 0.890. The third-order valence-corrected chi connectivity index (χ3v) is 2.85. The minimum atomic E-state index is -0.299. The zero-order valence-electron chi connectivity index (χ0n) is 8.82. The van der Waals surface area contributed by atoms with Gasteiger partial charge in [0.2, 0.25) is 0 Å². The summed E-state index contributed by atoms with van der Waals surface area (Å²) in [6.07, 6.45) is 0. The normalized spacial score (nSPS) is 10.2. The van der Waals surface area contributed by atoms with Gasteiger partial charge < -0.3 is 10.3 Å². The van der Waals surface area contributed by atoms with E-state index in [9.17, 15) is 4.39 Å². The fraction of sp³-hybridized carbons (Fsp3) is 0.0833. The van der Waals surface area contributed by atoms with Crippen molar-refractivity contribution in [2.45, 2.75) is 6.54 Å². The van der Waals surface area contributed by atoms with Gasteiger partial charge in [-0.15, -0.1) is 0 Å². The summed E-state index contributed by atoms with van der Waals surface area (Å²) in [4.78, 5) is 0. The van der Waals surface area contributed by atoms with Crippen molar-refractivity contribution in [3.63, 3.8) is 0 Å². The molecule has 2 aromatic rings. The second kappa shape index (κ2) is 4.48. The number of aromatic nitrogens is 1. The van der Waals surface area contributed by atoms with Gasteiger partial charge in [-0.25, -0.2) is 4.39 Å². The molecule has 0 aliphatic heterocycles. The molecule has 2 rings (SSSR count). The lowest BCUT2D eigenvalue weighted by Gasteiger charge is -2.06. The van der Waals surface area contributed by atoms with Crippen LogP contribution in [0.3, 0.4) is 0 Å². The standard InChI is InChI=1S/C12H9ClFN3/c13-12-11(16)5-10(6-15)17(12)7-8-1-3-9(14)4-2-8/h1-5H,7,16H2. The molecular formula is C12H9ClFN3. The number of nitrogens with zero attached hydrogens (tertiary/aromatic N) is 2. The van der Waals surface area contributed by atoms with Gasteiger partial charge >= 0.3 is 0 Å². The second-order valence-corrected chi connectivity index (χ2v) is 3.96. The molecule has 1 heterocycles. The monoisotopic (exact) mass is 249 g/mol. The van der Waals surface area contributed by atoms with E-state index in [2.05, 4.69) is 0 Å². The lowest BCUT2D eigenvalue weighted by molar-refractivity contribution is 0.626. The van der Waals surface area contributed by atoms with Crippen molar-refractivity contribution in [2.75, 3.05) is 5.73 Å². The molecule has 3 nitrogen and oxygen atoms in total. The van der Waals surface area contributed by atoms with Crippen molar-refractivity contribution >= 4 is 17.3 Å². The molecular weight excluding hydrogens is 241 g/mol. The van der Waals surface area contributed by atoms with E-state index in [-0.39, 0.29) is 5.82 Å². The van der Waals surface area contributed by atoms with Crippen molar-refractivity contribution in [1.82, 2.24) is 4.57 Å². The Balaban J connectivity index is 2.36. The molecule has 0 aliphatic rings. The van der Waals surface area contributed by atoms with E-state index >= 15 is 0 Å². The Bertz CT molecular complexity index is 581. The van der Waals surface area contributed by atoms with Gasteiger partial charge in [0.15, 0.2) is 0 Å². The highest BCUT2D eigenvalue weighted by molar-refractivity contribution is 6.32. The smallest absolute Gasteiger partial charge is 0.133 e. The van der Waals surface area contributed by atoms with Crippen LogP contribution in [0.5, 0.6) is 0 Å². The number of nitrogens with two attached hydrogens (primary N) is 1. The van der Waals surface area contributed by atoms with Crippen LogP contribution < -0.4 is 5.73 Å². The molecule has 1 aromatic heterocycles. The Morgan fingerprint density at radius 1 is 1.35 bits per heavy atom. The van der Waals surface area contributed by atoms with E-state index < -0.39 is 0 Å². The zero-order chi connectivity index (χ0) is 12.4. The molecule has 1 aromatic carbocycles. The molecule has 0 fully saturated rings. The molecule has 0 spiro atoms. The van der Waals surface area contributed by atoms with Gasteiger partial charge in [-0.2, -0.15) is 5.26 Å². The third kappa shape index (κ3) is 2.24. The summed E-state index contributed by atoms with van der Waals surface area (Å²) < 4.78 is 14.3. The van der Waals surface area contributed by atoms with Crippen LogP contribution in [0.1, 0.15) is 11.3 Å². The summed E-state index contributed by atoms with van der Waals surface area (Å²) in [6, 6.07) is 9.54. The van der Waals surface area contributed by atoms with Gasteiger partial charge in [-0.05, 0) is 23.8 Å². The number of halogens is 2. The van der Waals surface area contributed by atoms with Crippen LogP contribution in [0.15, 0.2) is 30.3 Å². The van der Waals surface area contributed by atoms with Crippen LogP contribution in [0, 0.1) is 17.1 Å². The number of hydrogen-bond acceptors (Lipinski definition) is 2. The van der Waals surface area contributed by atoms with Crippen LogP contribution in [0.25, 0.3) is 0 Å². The molecule has 2 N–H and O–H groups in total. The predicted octanol–water partition coefficient (Wildman–Crippen LogP) is 2.78. The highest BCUT2D eigenvalue weighted by Crippen LogP contribution is 2.24. The van der Waals surface area contributed by atoms with Gasteiger partial charge in [0.1, 0.15) is 22.7 Å². The highest BCUT2D eigenvalue weighted by Gasteiger charge is 2.11. The van der Waals surface area contributed by atoms with Crippen LogP contribution in [-0.2, 0) is 6.54 Å². The minimum absolute atomic E-state index is 0.299. The van der Waals surface area contributed by atoms with E-state index in [4.69, 9.17) is 22.6 Å². The minimum Gasteiger partial charge on any atom is -0.396 e. The lowest BCUT2D eigenvalue weighted by atomic mass is 10.2. The lowest BCUT2D eigenvalue weighted by Crippen LogP contribution is -2.02. The molecule has 0 aliphatic carbocycles. The number of nitrogen functional groups attached to an aromatic ring is 1. The predicted molar refractivity (Wildman–Crippen MR) is 64.1 cm³/mol. The summed E-state index contributed by atoms with van der Waals surface area (Å²) in [5, 5.41) is 9.26. The summed E-state index contributed by atoms with van der Waals surface area (Å²) in [5.74, 6) is -0.299. The van der Waals surface area contributed by atoms with Crippen molar-refractivity contribution in [1.29, 1.82) is 5.26 Å². The van der Waals surface area contributed by atoms with Crippen molar-refractivity contribution in [2.24, 2.45) is 0 Å². The Morgan fingerprint density at radius 3 is 2.59 bits per heavy atom. The van der Waals surface area contributed by atoms with E-state index in [0.717, 1.165) is 5.56 Å². The zero-order valence-corrected chi connectivity index (χ0v) is 9.58. The Labute approximate surface area is 103 Å². The fourth-order valence-electron chi connectivity index (χ4n) is 1.57. The summed E-state index contributed by atoms with van der Waals surface area (Å²) >= 11 is 5.99.